The number of nitrogens with two attached hydrogens (primary N) is 1. The second-order valence-corrected chi connectivity index (χ2v) is 6.03. The summed E-state index contributed by atoms with van der Waals surface area (Å²) < 4.78 is 5.18. The number of hydrogen-bond acceptors (Lipinski definition) is 3. The van der Waals surface area contributed by atoms with E-state index in [-0.39, 0.29) is 5.91 Å². The number of ether oxygens (including phenoxy) is 1. The average Bonchev–Trinajstić information content (AvgIpc) is 3.20. The van der Waals surface area contributed by atoms with E-state index in [4.69, 9.17) is 16.9 Å². The molecule has 0 radical (unpaired) electrons. The zero-order valence-corrected chi connectivity index (χ0v) is 12.3. The molecule has 110 valence electrons. The fourth-order valence-corrected chi connectivity index (χ4v) is 3.32. The summed E-state index contributed by atoms with van der Waals surface area (Å²) in [5.41, 5.74) is 7.28. The van der Waals surface area contributed by atoms with Gasteiger partial charge in [-0.3, -0.25) is 4.79 Å². The second-order valence-electron chi connectivity index (χ2n) is 6.03. The Morgan fingerprint density at radius 2 is 2.19 bits per heavy atom. The standard InChI is InChI=1S/C17H20N2O2/c1-3-13-11-17(13)6-8-19(9-7-17)16(20)12-4-5-14(18)15(10-12)21-2/h1,4-5,10,13H,6-9,11,18H2,2H3/t13-/m1/s1. The predicted molar refractivity (Wildman–Crippen MR) is 81.9 cm³/mol. The van der Waals surface area contributed by atoms with E-state index in [1.165, 1.54) is 0 Å². The highest BCUT2D eigenvalue weighted by Gasteiger charge is 2.54. The number of terminal acetylenes is 1. The molecule has 0 aromatic heterocycles. The topological polar surface area (TPSA) is 55.6 Å². The maximum atomic E-state index is 12.6. The lowest BCUT2D eigenvalue weighted by atomic mass is 9.90. The highest BCUT2D eigenvalue weighted by atomic mass is 16.5. The van der Waals surface area contributed by atoms with Crippen molar-refractivity contribution in [2.45, 2.75) is 19.3 Å². The number of benzene rings is 1. The lowest BCUT2D eigenvalue weighted by molar-refractivity contribution is 0.0673. The van der Waals surface area contributed by atoms with Gasteiger partial charge < -0.3 is 15.4 Å². The number of amides is 1. The van der Waals surface area contributed by atoms with E-state index in [0.29, 0.717) is 28.3 Å². The summed E-state index contributed by atoms with van der Waals surface area (Å²) in [4.78, 5) is 14.5. The number of anilines is 1. The minimum Gasteiger partial charge on any atom is -0.495 e. The lowest BCUT2D eigenvalue weighted by Crippen LogP contribution is -2.39. The first-order chi connectivity index (χ1) is 10.1. The van der Waals surface area contributed by atoms with Crippen LogP contribution < -0.4 is 10.5 Å². The van der Waals surface area contributed by atoms with Crippen molar-refractivity contribution in [2.24, 2.45) is 11.3 Å². The predicted octanol–water partition coefficient (Wildman–Crippen LogP) is 2.15. The Balaban J connectivity index is 1.68. The Morgan fingerprint density at radius 1 is 1.48 bits per heavy atom. The van der Waals surface area contributed by atoms with Gasteiger partial charge in [0.25, 0.3) is 5.91 Å². The van der Waals surface area contributed by atoms with Crippen LogP contribution >= 0.6 is 0 Å². The number of likely N-dealkylation sites (tertiary alicyclic amines) is 1. The summed E-state index contributed by atoms with van der Waals surface area (Å²) in [6.45, 7) is 1.56. The van der Waals surface area contributed by atoms with E-state index in [0.717, 1.165) is 32.4 Å². The molecular weight excluding hydrogens is 264 g/mol. The van der Waals surface area contributed by atoms with Crippen LogP contribution in [0, 0.1) is 23.7 Å². The number of methoxy groups -OCH3 is 1. The first kappa shape index (κ1) is 13.8. The number of nitrogens with zero attached hydrogens (tertiary/aromatic N) is 1. The van der Waals surface area contributed by atoms with Gasteiger partial charge >= 0.3 is 0 Å². The van der Waals surface area contributed by atoms with Crippen LogP contribution in [0.2, 0.25) is 0 Å². The van der Waals surface area contributed by atoms with Crippen LogP contribution in [0.5, 0.6) is 5.75 Å². The lowest BCUT2D eigenvalue weighted by Gasteiger charge is -2.32. The number of nitrogen functional groups attached to an aromatic ring is 1. The van der Waals surface area contributed by atoms with Crippen molar-refractivity contribution in [3.8, 4) is 18.1 Å². The van der Waals surface area contributed by atoms with E-state index in [9.17, 15) is 4.79 Å². The Morgan fingerprint density at radius 3 is 2.76 bits per heavy atom. The van der Waals surface area contributed by atoms with Gasteiger partial charge in [0.1, 0.15) is 5.75 Å². The Labute approximate surface area is 125 Å². The molecule has 2 aliphatic rings. The second kappa shape index (κ2) is 5.00. The smallest absolute Gasteiger partial charge is 0.253 e. The molecule has 3 rings (SSSR count). The molecule has 1 amide bonds. The molecular formula is C17H20N2O2. The van der Waals surface area contributed by atoms with Crippen LogP contribution in [-0.2, 0) is 0 Å². The number of piperidine rings is 1. The summed E-state index contributed by atoms with van der Waals surface area (Å²) in [7, 11) is 1.55. The molecule has 21 heavy (non-hydrogen) atoms. The first-order valence-corrected chi connectivity index (χ1v) is 7.28. The third-order valence-corrected chi connectivity index (χ3v) is 4.92. The summed E-state index contributed by atoms with van der Waals surface area (Å²) >= 11 is 0. The molecule has 1 aromatic carbocycles. The summed E-state index contributed by atoms with van der Waals surface area (Å²) in [6, 6.07) is 5.18. The number of carbonyl (C=O) groups is 1. The Kier molecular flexibility index (Phi) is 3.29. The van der Waals surface area contributed by atoms with E-state index in [1.54, 1.807) is 25.3 Å². The molecule has 4 heteroatoms. The molecule has 1 aliphatic carbocycles. The number of hydrogen-bond donors (Lipinski definition) is 1. The molecule has 1 aromatic rings. The molecule has 2 N–H and O–H groups in total. The van der Waals surface area contributed by atoms with Gasteiger partial charge in [-0.1, -0.05) is 0 Å². The van der Waals surface area contributed by atoms with Gasteiger partial charge in [-0.2, -0.15) is 0 Å². The van der Waals surface area contributed by atoms with Crippen LogP contribution in [0.15, 0.2) is 18.2 Å². The summed E-state index contributed by atoms with van der Waals surface area (Å²) in [5, 5.41) is 0. The van der Waals surface area contributed by atoms with Crippen molar-refractivity contribution in [1.29, 1.82) is 0 Å². The highest BCUT2D eigenvalue weighted by molar-refractivity contribution is 5.95. The monoisotopic (exact) mass is 284 g/mol. The van der Waals surface area contributed by atoms with Crippen molar-refractivity contribution < 1.29 is 9.53 Å². The summed E-state index contributed by atoms with van der Waals surface area (Å²) in [6.07, 6.45) is 8.67. The van der Waals surface area contributed by atoms with Crippen molar-refractivity contribution in [3.05, 3.63) is 23.8 Å². The van der Waals surface area contributed by atoms with Gasteiger partial charge in [0.2, 0.25) is 0 Å². The van der Waals surface area contributed by atoms with Crippen molar-refractivity contribution in [3.63, 3.8) is 0 Å². The summed E-state index contributed by atoms with van der Waals surface area (Å²) in [5.74, 6) is 3.87. The molecule has 0 unspecified atom stereocenters. The fourth-order valence-electron chi connectivity index (χ4n) is 3.32. The van der Waals surface area contributed by atoms with Crippen LogP contribution in [0.4, 0.5) is 5.69 Å². The average molecular weight is 284 g/mol. The maximum absolute atomic E-state index is 12.6. The quantitative estimate of drug-likeness (QED) is 0.669. The number of carbonyl (C=O) groups excluding carboxylic acids is 1. The largest absolute Gasteiger partial charge is 0.495 e. The van der Waals surface area contributed by atoms with Crippen molar-refractivity contribution in [1.82, 2.24) is 4.90 Å². The van der Waals surface area contributed by atoms with Gasteiger partial charge in [0.15, 0.2) is 0 Å². The highest BCUT2D eigenvalue weighted by Crippen LogP contribution is 2.58. The molecule has 4 nitrogen and oxygen atoms in total. The number of rotatable bonds is 2. The van der Waals surface area contributed by atoms with E-state index in [2.05, 4.69) is 5.92 Å². The molecule has 1 saturated heterocycles. The minimum atomic E-state index is 0.0426. The molecule has 0 bridgehead atoms. The SMILES string of the molecule is C#C[C@@H]1CC12CCN(C(=O)c1ccc(N)c(OC)c1)CC2. The van der Waals surface area contributed by atoms with E-state index < -0.39 is 0 Å². The fraction of sp³-hybridized carbons (Fsp3) is 0.471. The molecule has 1 atom stereocenters. The third-order valence-electron chi connectivity index (χ3n) is 4.92. The normalized spacial score (nSPS) is 22.7. The van der Waals surface area contributed by atoms with Crippen LogP contribution in [0.3, 0.4) is 0 Å². The molecule has 1 aliphatic heterocycles. The van der Waals surface area contributed by atoms with Gasteiger partial charge in [-0.05, 0) is 42.9 Å². The minimum absolute atomic E-state index is 0.0426. The molecule has 1 saturated carbocycles. The zero-order valence-electron chi connectivity index (χ0n) is 12.3. The van der Waals surface area contributed by atoms with Gasteiger partial charge in [-0.25, -0.2) is 0 Å². The first-order valence-electron chi connectivity index (χ1n) is 7.28. The molecule has 1 spiro atoms. The zero-order chi connectivity index (χ0) is 15.0. The van der Waals surface area contributed by atoms with Gasteiger partial charge in [0.05, 0.1) is 12.8 Å². The van der Waals surface area contributed by atoms with Crippen LogP contribution in [0.25, 0.3) is 0 Å². The Hall–Kier alpha value is -2.15. The van der Waals surface area contributed by atoms with Crippen LogP contribution in [-0.4, -0.2) is 31.0 Å². The maximum Gasteiger partial charge on any atom is 0.253 e. The van der Waals surface area contributed by atoms with Crippen molar-refractivity contribution in [2.75, 3.05) is 25.9 Å². The third kappa shape index (κ3) is 2.33. The van der Waals surface area contributed by atoms with Gasteiger partial charge in [-0.15, -0.1) is 12.3 Å². The van der Waals surface area contributed by atoms with Gasteiger partial charge in [0, 0.05) is 24.6 Å². The van der Waals surface area contributed by atoms with E-state index >= 15 is 0 Å². The molecule has 2 fully saturated rings. The van der Waals surface area contributed by atoms with Crippen LogP contribution in [0.1, 0.15) is 29.6 Å². The van der Waals surface area contributed by atoms with E-state index in [1.807, 2.05) is 4.90 Å². The Bertz CT molecular complexity index is 610. The molecule has 1 heterocycles. The van der Waals surface area contributed by atoms with Crippen molar-refractivity contribution >= 4 is 11.6 Å².